The van der Waals surface area contributed by atoms with Gasteiger partial charge in [-0.1, -0.05) is 41.6 Å². The standard InChI is InChI=1S/C21H21ClN6O2S/c22-16-2-1-3-18(10-16)28-14-25-26-21(28)31-13-20(30)24-11-15-4-6-17(7-5-15)27-9-8-23-19(29)12-27/h1-7,10,14H,8-9,11-13H2,(H,23,29)(H,24,30). The minimum Gasteiger partial charge on any atom is -0.360 e. The number of benzene rings is 2. The lowest BCUT2D eigenvalue weighted by atomic mass is 10.2. The molecule has 1 aliphatic heterocycles. The summed E-state index contributed by atoms with van der Waals surface area (Å²) < 4.78 is 1.80. The molecule has 1 aromatic heterocycles. The van der Waals surface area contributed by atoms with E-state index in [1.807, 2.05) is 47.4 Å². The van der Waals surface area contributed by atoms with Gasteiger partial charge in [0.1, 0.15) is 6.33 Å². The molecule has 2 heterocycles. The van der Waals surface area contributed by atoms with Crippen LogP contribution in [0.2, 0.25) is 5.02 Å². The number of rotatable bonds is 7. The van der Waals surface area contributed by atoms with Crippen LogP contribution in [0.5, 0.6) is 0 Å². The van der Waals surface area contributed by atoms with Gasteiger partial charge in [0.15, 0.2) is 5.16 Å². The monoisotopic (exact) mass is 456 g/mol. The van der Waals surface area contributed by atoms with Gasteiger partial charge in [0, 0.05) is 30.3 Å². The van der Waals surface area contributed by atoms with E-state index in [1.54, 1.807) is 17.0 Å². The molecule has 0 spiro atoms. The maximum atomic E-state index is 12.3. The van der Waals surface area contributed by atoms with E-state index < -0.39 is 0 Å². The molecule has 0 saturated carbocycles. The molecule has 0 aliphatic carbocycles. The Bertz CT molecular complexity index is 1070. The average Bonchev–Trinajstić information content (AvgIpc) is 3.25. The van der Waals surface area contributed by atoms with Crippen molar-refractivity contribution in [3.05, 3.63) is 65.4 Å². The first-order valence-electron chi connectivity index (χ1n) is 9.74. The van der Waals surface area contributed by atoms with E-state index in [-0.39, 0.29) is 17.6 Å². The number of thioether (sulfide) groups is 1. The molecule has 3 aromatic rings. The summed E-state index contributed by atoms with van der Waals surface area (Å²) in [5.74, 6) is 0.161. The van der Waals surface area contributed by atoms with E-state index in [2.05, 4.69) is 20.8 Å². The molecule has 2 N–H and O–H groups in total. The van der Waals surface area contributed by atoms with Gasteiger partial charge >= 0.3 is 0 Å². The lowest BCUT2D eigenvalue weighted by Gasteiger charge is -2.28. The highest BCUT2D eigenvalue weighted by molar-refractivity contribution is 7.99. The molecule has 160 valence electrons. The van der Waals surface area contributed by atoms with Crippen molar-refractivity contribution >= 4 is 40.9 Å². The zero-order chi connectivity index (χ0) is 21.6. The average molecular weight is 457 g/mol. The second-order valence-electron chi connectivity index (χ2n) is 6.97. The third kappa shape index (κ3) is 5.56. The Kier molecular flexibility index (Phi) is 6.73. The molecular weight excluding hydrogens is 436 g/mol. The highest BCUT2D eigenvalue weighted by Crippen LogP contribution is 2.21. The van der Waals surface area contributed by atoms with Crippen molar-refractivity contribution in [2.24, 2.45) is 0 Å². The summed E-state index contributed by atoms with van der Waals surface area (Å²) in [6, 6.07) is 15.2. The van der Waals surface area contributed by atoms with Gasteiger partial charge in [0.05, 0.1) is 18.0 Å². The van der Waals surface area contributed by atoms with E-state index in [0.29, 0.717) is 29.8 Å². The summed E-state index contributed by atoms with van der Waals surface area (Å²) in [7, 11) is 0. The summed E-state index contributed by atoms with van der Waals surface area (Å²) in [4.78, 5) is 25.9. The summed E-state index contributed by atoms with van der Waals surface area (Å²) in [5.41, 5.74) is 2.83. The maximum absolute atomic E-state index is 12.3. The predicted molar refractivity (Wildman–Crippen MR) is 121 cm³/mol. The van der Waals surface area contributed by atoms with Crippen molar-refractivity contribution in [3.63, 3.8) is 0 Å². The van der Waals surface area contributed by atoms with E-state index in [4.69, 9.17) is 11.6 Å². The van der Waals surface area contributed by atoms with E-state index in [9.17, 15) is 9.59 Å². The van der Waals surface area contributed by atoms with E-state index in [0.717, 1.165) is 23.5 Å². The van der Waals surface area contributed by atoms with Crippen LogP contribution in [0.1, 0.15) is 5.56 Å². The van der Waals surface area contributed by atoms with Crippen LogP contribution in [0.4, 0.5) is 5.69 Å². The number of amides is 2. The molecule has 2 amide bonds. The van der Waals surface area contributed by atoms with Crippen molar-refractivity contribution in [3.8, 4) is 5.69 Å². The van der Waals surface area contributed by atoms with Crippen LogP contribution in [0.3, 0.4) is 0 Å². The summed E-state index contributed by atoms with van der Waals surface area (Å²) in [6.07, 6.45) is 1.60. The second-order valence-corrected chi connectivity index (χ2v) is 8.35. The summed E-state index contributed by atoms with van der Waals surface area (Å²) >= 11 is 7.36. The lowest BCUT2D eigenvalue weighted by molar-refractivity contribution is -0.120. The van der Waals surface area contributed by atoms with Crippen LogP contribution in [0, 0.1) is 0 Å². The van der Waals surface area contributed by atoms with Crippen LogP contribution >= 0.6 is 23.4 Å². The fraction of sp³-hybridized carbons (Fsp3) is 0.238. The molecule has 2 aromatic carbocycles. The van der Waals surface area contributed by atoms with Crippen LogP contribution in [0.25, 0.3) is 5.69 Å². The predicted octanol–water partition coefficient (Wildman–Crippen LogP) is 2.27. The Morgan fingerprint density at radius 2 is 2.03 bits per heavy atom. The van der Waals surface area contributed by atoms with Crippen molar-refractivity contribution in [1.82, 2.24) is 25.4 Å². The molecular formula is C21H21ClN6O2S. The number of carbonyl (C=O) groups excluding carboxylic acids is 2. The molecule has 0 unspecified atom stereocenters. The molecule has 1 aliphatic rings. The van der Waals surface area contributed by atoms with Gasteiger partial charge in [-0.15, -0.1) is 10.2 Å². The summed E-state index contributed by atoms with van der Waals surface area (Å²) in [6.45, 7) is 2.24. The Hall–Kier alpha value is -3.04. The topological polar surface area (TPSA) is 92.2 Å². The molecule has 1 fully saturated rings. The zero-order valence-electron chi connectivity index (χ0n) is 16.6. The van der Waals surface area contributed by atoms with Crippen LogP contribution < -0.4 is 15.5 Å². The maximum Gasteiger partial charge on any atom is 0.239 e. The highest BCUT2D eigenvalue weighted by Gasteiger charge is 2.16. The van der Waals surface area contributed by atoms with Crippen molar-refractivity contribution < 1.29 is 9.59 Å². The van der Waals surface area contributed by atoms with Crippen LogP contribution in [-0.4, -0.2) is 52.0 Å². The van der Waals surface area contributed by atoms with Crippen LogP contribution in [-0.2, 0) is 16.1 Å². The molecule has 0 radical (unpaired) electrons. The van der Waals surface area contributed by atoms with Gasteiger partial charge in [-0.05, 0) is 35.9 Å². The molecule has 31 heavy (non-hydrogen) atoms. The smallest absolute Gasteiger partial charge is 0.239 e. The van der Waals surface area contributed by atoms with Crippen molar-refractivity contribution in [1.29, 1.82) is 0 Å². The summed E-state index contributed by atoms with van der Waals surface area (Å²) in [5, 5.41) is 15.0. The lowest BCUT2D eigenvalue weighted by Crippen LogP contribution is -2.47. The molecule has 1 saturated heterocycles. The van der Waals surface area contributed by atoms with E-state index in [1.165, 1.54) is 11.8 Å². The first kappa shape index (κ1) is 21.2. The number of carbonyl (C=O) groups is 2. The Morgan fingerprint density at radius 1 is 1.19 bits per heavy atom. The largest absolute Gasteiger partial charge is 0.360 e. The van der Waals surface area contributed by atoms with Crippen molar-refractivity contribution in [2.45, 2.75) is 11.7 Å². The molecule has 4 rings (SSSR count). The third-order valence-corrected chi connectivity index (χ3v) is 5.94. The highest BCUT2D eigenvalue weighted by atomic mass is 35.5. The first-order chi connectivity index (χ1) is 15.1. The number of anilines is 1. The zero-order valence-corrected chi connectivity index (χ0v) is 18.2. The minimum atomic E-state index is -0.0950. The SMILES string of the molecule is O=C(CSc1nncn1-c1cccc(Cl)c1)NCc1ccc(N2CCNC(=O)C2)cc1. The van der Waals surface area contributed by atoms with Gasteiger partial charge in [0.25, 0.3) is 0 Å². The second kappa shape index (κ2) is 9.84. The molecule has 0 atom stereocenters. The van der Waals surface area contributed by atoms with Crippen molar-refractivity contribution in [2.75, 3.05) is 30.3 Å². The van der Waals surface area contributed by atoms with Gasteiger partial charge in [0.2, 0.25) is 11.8 Å². The fourth-order valence-corrected chi connectivity index (χ4v) is 4.13. The minimum absolute atomic E-state index is 0.0336. The Balaban J connectivity index is 1.28. The number of hydrogen-bond acceptors (Lipinski definition) is 6. The van der Waals surface area contributed by atoms with Gasteiger partial charge in [-0.3, -0.25) is 14.2 Å². The quantitative estimate of drug-likeness (QED) is 0.530. The normalized spacial score (nSPS) is 13.7. The van der Waals surface area contributed by atoms with Gasteiger partial charge < -0.3 is 15.5 Å². The molecule has 8 nitrogen and oxygen atoms in total. The molecule has 0 bridgehead atoms. The number of nitrogens with one attached hydrogen (secondary N) is 2. The number of hydrogen-bond donors (Lipinski definition) is 2. The van der Waals surface area contributed by atoms with Gasteiger partial charge in [-0.25, -0.2) is 0 Å². The van der Waals surface area contributed by atoms with Gasteiger partial charge in [-0.2, -0.15) is 0 Å². The van der Waals surface area contributed by atoms with Crippen LogP contribution in [0.15, 0.2) is 60.0 Å². The number of piperazine rings is 1. The first-order valence-corrected chi connectivity index (χ1v) is 11.1. The number of halogens is 1. The molecule has 10 heteroatoms. The number of aromatic nitrogens is 3. The Morgan fingerprint density at radius 3 is 2.81 bits per heavy atom. The number of nitrogens with zero attached hydrogens (tertiary/aromatic N) is 4. The fourth-order valence-electron chi connectivity index (χ4n) is 3.19. The Labute approximate surface area is 189 Å². The third-order valence-electron chi connectivity index (χ3n) is 4.76. The van der Waals surface area contributed by atoms with E-state index >= 15 is 0 Å².